The molecule has 0 fully saturated rings. The van der Waals surface area contributed by atoms with E-state index in [9.17, 15) is 5.11 Å². The van der Waals surface area contributed by atoms with Crippen LogP contribution in [0.5, 0.6) is 0 Å². The quantitative estimate of drug-likeness (QED) is 0.902. The average Bonchev–Trinajstić information content (AvgIpc) is 2.81. The van der Waals surface area contributed by atoms with Crippen molar-refractivity contribution in [1.29, 1.82) is 0 Å². The Labute approximate surface area is 105 Å². The SMILES string of the molecule is C[C@H](O)c1cccnc1N(C)Cc1cscn1. The molecule has 0 aromatic carbocycles. The van der Waals surface area contributed by atoms with Crippen LogP contribution >= 0.6 is 11.3 Å². The molecule has 90 valence electrons. The number of nitrogens with zero attached hydrogens (tertiary/aromatic N) is 3. The van der Waals surface area contributed by atoms with Gasteiger partial charge in [0.15, 0.2) is 0 Å². The molecule has 0 amide bonds. The molecule has 2 aromatic rings. The molecule has 2 aromatic heterocycles. The lowest BCUT2D eigenvalue weighted by molar-refractivity contribution is 0.199. The smallest absolute Gasteiger partial charge is 0.134 e. The number of aliphatic hydroxyl groups excluding tert-OH is 1. The molecular weight excluding hydrogens is 234 g/mol. The van der Waals surface area contributed by atoms with Gasteiger partial charge in [0.05, 0.1) is 23.9 Å². The highest BCUT2D eigenvalue weighted by Gasteiger charge is 2.13. The van der Waals surface area contributed by atoms with E-state index in [0.29, 0.717) is 6.54 Å². The predicted octanol–water partition coefficient (Wildman–Crippen LogP) is 2.23. The zero-order valence-corrected chi connectivity index (χ0v) is 10.7. The first-order valence-corrected chi connectivity index (χ1v) is 6.34. The normalized spacial score (nSPS) is 12.4. The molecule has 0 spiro atoms. The molecule has 0 saturated carbocycles. The van der Waals surface area contributed by atoms with Crippen molar-refractivity contribution < 1.29 is 5.11 Å². The van der Waals surface area contributed by atoms with Crippen molar-refractivity contribution >= 4 is 17.2 Å². The highest BCUT2D eigenvalue weighted by molar-refractivity contribution is 7.07. The first-order valence-electron chi connectivity index (χ1n) is 5.39. The molecule has 1 N–H and O–H groups in total. The number of hydrogen-bond donors (Lipinski definition) is 1. The summed E-state index contributed by atoms with van der Waals surface area (Å²) in [6.45, 7) is 2.44. The van der Waals surface area contributed by atoms with E-state index in [-0.39, 0.29) is 0 Å². The van der Waals surface area contributed by atoms with E-state index in [1.807, 2.05) is 35.0 Å². The highest BCUT2D eigenvalue weighted by atomic mass is 32.1. The Hall–Kier alpha value is -1.46. The van der Waals surface area contributed by atoms with Crippen LogP contribution in [0.1, 0.15) is 24.3 Å². The van der Waals surface area contributed by atoms with Crippen molar-refractivity contribution in [2.75, 3.05) is 11.9 Å². The minimum Gasteiger partial charge on any atom is -0.389 e. The predicted molar refractivity (Wildman–Crippen MR) is 69.1 cm³/mol. The lowest BCUT2D eigenvalue weighted by Crippen LogP contribution is -2.20. The molecule has 0 aliphatic heterocycles. The van der Waals surface area contributed by atoms with Crippen LogP contribution in [0.4, 0.5) is 5.82 Å². The van der Waals surface area contributed by atoms with Crippen molar-refractivity contribution in [3.63, 3.8) is 0 Å². The molecule has 0 bridgehead atoms. The molecule has 0 unspecified atom stereocenters. The number of aromatic nitrogens is 2. The number of thiazole rings is 1. The summed E-state index contributed by atoms with van der Waals surface area (Å²) in [6, 6.07) is 3.73. The Morgan fingerprint density at radius 3 is 2.94 bits per heavy atom. The molecule has 1 atom stereocenters. The second kappa shape index (κ2) is 5.25. The Kier molecular flexibility index (Phi) is 3.71. The monoisotopic (exact) mass is 249 g/mol. The largest absolute Gasteiger partial charge is 0.389 e. The van der Waals surface area contributed by atoms with Gasteiger partial charge in [0, 0.05) is 24.2 Å². The summed E-state index contributed by atoms with van der Waals surface area (Å²) >= 11 is 1.58. The molecule has 17 heavy (non-hydrogen) atoms. The van der Waals surface area contributed by atoms with E-state index in [1.54, 1.807) is 24.5 Å². The zero-order valence-electron chi connectivity index (χ0n) is 9.87. The second-order valence-corrected chi connectivity index (χ2v) is 4.65. The van der Waals surface area contributed by atoms with Crippen LogP contribution in [0, 0.1) is 0 Å². The Balaban J connectivity index is 2.21. The van der Waals surface area contributed by atoms with Crippen LogP contribution in [0.2, 0.25) is 0 Å². The zero-order chi connectivity index (χ0) is 12.3. The maximum Gasteiger partial charge on any atom is 0.134 e. The minimum atomic E-state index is -0.517. The van der Waals surface area contributed by atoms with Crippen LogP contribution in [0.25, 0.3) is 0 Å². The van der Waals surface area contributed by atoms with Crippen LogP contribution in [-0.2, 0) is 6.54 Å². The number of aliphatic hydroxyl groups is 1. The fraction of sp³-hybridized carbons (Fsp3) is 0.333. The summed E-state index contributed by atoms with van der Waals surface area (Å²) < 4.78 is 0. The summed E-state index contributed by atoms with van der Waals surface area (Å²) in [5.74, 6) is 0.801. The van der Waals surface area contributed by atoms with Gasteiger partial charge in [-0.3, -0.25) is 0 Å². The van der Waals surface area contributed by atoms with Gasteiger partial charge in [-0.05, 0) is 13.0 Å². The molecule has 2 heterocycles. The third-order valence-electron chi connectivity index (χ3n) is 2.51. The van der Waals surface area contributed by atoms with Gasteiger partial charge in [-0.15, -0.1) is 11.3 Å². The summed E-state index contributed by atoms with van der Waals surface area (Å²) in [7, 11) is 1.95. The van der Waals surface area contributed by atoms with Crippen LogP contribution in [0.15, 0.2) is 29.2 Å². The third-order valence-corrected chi connectivity index (χ3v) is 3.15. The topological polar surface area (TPSA) is 49.3 Å². The first kappa shape index (κ1) is 12.0. The van der Waals surface area contributed by atoms with Gasteiger partial charge in [0.1, 0.15) is 5.82 Å². The second-order valence-electron chi connectivity index (χ2n) is 3.93. The Morgan fingerprint density at radius 2 is 2.29 bits per heavy atom. The molecule has 0 aliphatic carbocycles. The van der Waals surface area contributed by atoms with Crippen molar-refractivity contribution in [3.8, 4) is 0 Å². The molecule has 0 radical (unpaired) electrons. The maximum absolute atomic E-state index is 9.70. The summed E-state index contributed by atoms with van der Waals surface area (Å²) in [5, 5.41) is 11.7. The lowest BCUT2D eigenvalue weighted by atomic mass is 10.1. The van der Waals surface area contributed by atoms with Crippen LogP contribution < -0.4 is 4.90 Å². The summed E-state index contributed by atoms with van der Waals surface area (Å²) in [5.41, 5.74) is 3.67. The van der Waals surface area contributed by atoms with Crippen molar-refractivity contribution in [3.05, 3.63) is 40.5 Å². The molecule has 0 saturated heterocycles. The third kappa shape index (κ3) is 2.81. The van der Waals surface area contributed by atoms with Gasteiger partial charge < -0.3 is 10.0 Å². The van der Waals surface area contributed by atoms with Crippen molar-refractivity contribution in [1.82, 2.24) is 9.97 Å². The average molecular weight is 249 g/mol. The fourth-order valence-electron chi connectivity index (χ4n) is 1.69. The maximum atomic E-state index is 9.70. The number of anilines is 1. The van der Waals surface area contributed by atoms with E-state index in [4.69, 9.17) is 0 Å². The Bertz CT molecular complexity index is 470. The number of hydrogen-bond acceptors (Lipinski definition) is 5. The minimum absolute atomic E-state index is 0.517. The van der Waals surface area contributed by atoms with Crippen LogP contribution in [-0.4, -0.2) is 22.1 Å². The molecule has 4 nitrogen and oxygen atoms in total. The summed E-state index contributed by atoms with van der Waals surface area (Å²) in [4.78, 5) is 10.6. The standard InChI is InChI=1S/C12H15N3OS/c1-9(16)11-4-3-5-13-12(11)15(2)6-10-7-17-8-14-10/h3-5,7-9,16H,6H2,1-2H3/t9-/m0/s1. The van der Waals surface area contributed by atoms with E-state index < -0.39 is 6.10 Å². The van der Waals surface area contributed by atoms with E-state index in [0.717, 1.165) is 17.1 Å². The Morgan fingerprint density at radius 1 is 1.47 bits per heavy atom. The van der Waals surface area contributed by atoms with Gasteiger partial charge in [0.2, 0.25) is 0 Å². The molecule has 5 heteroatoms. The molecule has 2 rings (SSSR count). The summed E-state index contributed by atoms with van der Waals surface area (Å²) in [6.07, 6.45) is 1.22. The van der Waals surface area contributed by atoms with E-state index in [1.165, 1.54) is 0 Å². The highest BCUT2D eigenvalue weighted by Crippen LogP contribution is 2.23. The van der Waals surface area contributed by atoms with Crippen LogP contribution in [0.3, 0.4) is 0 Å². The lowest BCUT2D eigenvalue weighted by Gasteiger charge is -2.21. The number of rotatable bonds is 4. The van der Waals surface area contributed by atoms with E-state index in [2.05, 4.69) is 9.97 Å². The fourth-order valence-corrected chi connectivity index (χ4v) is 2.24. The number of pyridine rings is 1. The molecule has 0 aliphatic rings. The van der Waals surface area contributed by atoms with Gasteiger partial charge >= 0.3 is 0 Å². The van der Waals surface area contributed by atoms with Gasteiger partial charge in [-0.2, -0.15) is 0 Å². The van der Waals surface area contributed by atoms with Gasteiger partial charge in [0.25, 0.3) is 0 Å². The molecular formula is C12H15N3OS. The first-order chi connectivity index (χ1) is 8.18. The van der Waals surface area contributed by atoms with Crippen molar-refractivity contribution in [2.45, 2.75) is 19.6 Å². The van der Waals surface area contributed by atoms with Gasteiger partial charge in [-0.25, -0.2) is 9.97 Å². The van der Waals surface area contributed by atoms with Crippen molar-refractivity contribution in [2.24, 2.45) is 0 Å². The van der Waals surface area contributed by atoms with E-state index >= 15 is 0 Å². The van der Waals surface area contributed by atoms with Gasteiger partial charge in [-0.1, -0.05) is 6.07 Å².